The van der Waals surface area contributed by atoms with Crippen LogP contribution in [0.1, 0.15) is 17.3 Å². The van der Waals surface area contributed by atoms with Gasteiger partial charge in [-0.25, -0.2) is 4.98 Å². The van der Waals surface area contributed by atoms with Crippen LogP contribution in [0, 0.1) is 13.8 Å². The number of hydrogen-bond donors (Lipinski definition) is 0. The Morgan fingerprint density at radius 2 is 2.17 bits per heavy atom. The van der Waals surface area contributed by atoms with E-state index in [1.807, 2.05) is 41.1 Å². The first kappa shape index (κ1) is 14.3. The number of aryl methyl sites for hydroxylation is 2. The van der Waals surface area contributed by atoms with Crippen LogP contribution >= 0.6 is 23.1 Å². The molecule has 0 N–H and O–H groups in total. The minimum absolute atomic E-state index is 0.533. The van der Waals surface area contributed by atoms with Crippen molar-refractivity contribution in [1.29, 1.82) is 0 Å². The zero-order chi connectivity index (χ0) is 15.8. The summed E-state index contributed by atoms with van der Waals surface area (Å²) in [5.41, 5.74) is 2.94. The van der Waals surface area contributed by atoms with Crippen LogP contribution < -0.4 is 0 Å². The largest absolute Gasteiger partial charge is 0.338 e. The summed E-state index contributed by atoms with van der Waals surface area (Å²) < 4.78 is 7.22. The first-order valence-electron chi connectivity index (χ1n) is 6.88. The van der Waals surface area contributed by atoms with Crippen LogP contribution in [-0.4, -0.2) is 29.7 Å². The van der Waals surface area contributed by atoms with E-state index in [1.54, 1.807) is 11.3 Å². The normalized spacial score (nSPS) is 11.4. The predicted octanol–water partition coefficient (Wildman–Crippen LogP) is 3.14. The molecule has 0 fully saturated rings. The first-order chi connectivity index (χ1) is 11.2. The summed E-state index contributed by atoms with van der Waals surface area (Å²) >= 11 is 3.10. The second-order valence-electron chi connectivity index (χ2n) is 4.97. The highest BCUT2D eigenvalue weighted by Gasteiger charge is 2.13. The van der Waals surface area contributed by atoms with E-state index >= 15 is 0 Å². The molecule has 0 aliphatic carbocycles. The lowest BCUT2D eigenvalue weighted by atomic mass is 10.3. The summed E-state index contributed by atoms with van der Waals surface area (Å²) in [5.74, 6) is 2.31. The van der Waals surface area contributed by atoms with Gasteiger partial charge in [-0.3, -0.25) is 4.40 Å². The first-order valence-corrected chi connectivity index (χ1v) is 8.81. The van der Waals surface area contributed by atoms with E-state index in [0.29, 0.717) is 23.2 Å². The van der Waals surface area contributed by atoms with Crippen LogP contribution in [0.15, 0.2) is 32.6 Å². The maximum absolute atomic E-state index is 5.30. The molecule has 0 saturated carbocycles. The van der Waals surface area contributed by atoms with Crippen molar-refractivity contribution in [3.8, 4) is 11.4 Å². The van der Waals surface area contributed by atoms with Gasteiger partial charge in [0.15, 0.2) is 5.16 Å². The average molecular weight is 344 g/mol. The third kappa shape index (κ3) is 2.73. The van der Waals surface area contributed by atoms with Gasteiger partial charge in [-0.05, 0) is 31.4 Å². The van der Waals surface area contributed by atoms with Crippen molar-refractivity contribution in [3.05, 3.63) is 40.2 Å². The molecular formula is C14H12N6OS2. The van der Waals surface area contributed by atoms with Crippen LogP contribution in [0.5, 0.6) is 0 Å². The maximum Gasteiger partial charge on any atom is 0.256 e. The molecule has 0 aromatic carbocycles. The van der Waals surface area contributed by atoms with Crippen LogP contribution in [-0.2, 0) is 5.75 Å². The summed E-state index contributed by atoms with van der Waals surface area (Å²) in [7, 11) is 0. The Morgan fingerprint density at radius 3 is 3.00 bits per heavy atom. The van der Waals surface area contributed by atoms with Gasteiger partial charge in [0.2, 0.25) is 11.7 Å². The van der Waals surface area contributed by atoms with Gasteiger partial charge in [-0.15, -0.1) is 10.2 Å². The van der Waals surface area contributed by atoms with Gasteiger partial charge in [-0.2, -0.15) is 16.3 Å². The van der Waals surface area contributed by atoms with E-state index in [4.69, 9.17) is 4.52 Å². The number of thioether (sulfide) groups is 1. The smallest absolute Gasteiger partial charge is 0.256 e. The standard InChI is InChI=1S/C14H12N6OS2/c1-8-5-9(2)20-13(15-8)17-18-14(20)23-7-11-16-12(19-21-11)10-3-4-22-6-10/h3-6H,7H2,1-2H3. The molecule has 116 valence electrons. The molecule has 4 rings (SSSR count). The van der Waals surface area contributed by atoms with Crippen LogP contribution in [0.3, 0.4) is 0 Å². The molecule has 23 heavy (non-hydrogen) atoms. The molecule has 0 radical (unpaired) electrons. The number of nitrogens with zero attached hydrogens (tertiary/aromatic N) is 6. The van der Waals surface area contributed by atoms with Crippen LogP contribution in [0.4, 0.5) is 0 Å². The molecule has 0 aliphatic heterocycles. The zero-order valence-corrected chi connectivity index (χ0v) is 14.1. The van der Waals surface area contributed by atoms with Crippen molar-refractivity contribution in [2.75, 3.05) is 0 Å². The number of hydrogen-bond acceptors (Lipinski definition) is 8. The molecule has 0 amide bonds. The molecule has 0 aliphatic rings. The lowest BCUT2D eigenvalue weighted by Gasteiger charge is -2.02. The van der Waals surface area contributed by atoms with Gasteiger partial charge in [0.25, 0.3) is 5.78 Å². The maximum atomic E-state index is 5.30. The van der Waals surface area contributed by atoms with Crippen molar-refractivity contribution in [2.24, 2.45) is 0 Å². The predicted molar refractivity (Wildman–Crippen MR) is 87.4 cm³/mol. The summed E-state index contributed by atoms with van der Waals surface area (Å²) in [6, 6.07) is 3.97. The van der Waals surface area contributed by atoms with Gasteiger partial charge >= 0.3 is 0 Å². The van der Waals surface area contributed by atoms with Gasteiger partial charge in [0, 0.05) is 22.3 Å². The molecule has 0 atom stereocenters. The fourth-order valence-electron chi connectivity index (χ4n) is 2.24. The second kappa shape index (κ2) is 5.74. The Hall–Kier alpha value is -2.26. The monoisotopic (exact) mass is 344 g/mol. The molecule has 9 heteroatoms. The molecule has 0 bridgehead atoms. The molecule has 0 spiro atoms. The fourth-order valence-corrected chi connectivity index (χ4v) is 3.70. The topological polar surface area (TPSA) is 82.0 Å². The Bertz CT molecular complexity index is 959. The quantitative estimate of drug-likeness (QED) is 0.526. The molecule has 0 saturated heterocycles. The molecular weight excluding hydrogens is 332 g/mol. The third-order valence-corrected chi connectivity index (χ3v) is 4.83. The van der Waals surface area contributed by atoms with E-state index in [2.05, 4.69) is 25.3 Å². The van der Waals surface area contributed by atoms with Crippen molar-refractivity contribution in [1.82, 2.24) is 29.7 Å². The second-order valence-corrected chi connectivity index (χ2v) is 6.69. The van der Waals surface area contributed by atoms with Crippen molar-refractivity contribution in [2.45, 2.75) is 24.8 Å². The van der Waals surface area contributed by atoms with E-state index in [9.17, 15) is 0 Å². The van der Waals surface area contributed by atoms with E-state index in [1.165, 1.54) is 11.8 Å². The lowest BCUT2D eigenvalue weighted by Crippen LogP contribution is -1.97. The summed E-state index contributed by atoms with van der Waals surface area (Å²) in [6.07, 6.45) is 0. The van der Waals surface area contributed by atoms with E-state index < -0.39 is 0 Å². The van der Waals surface area contributed by atoms with Crippen molar-refractivity contribution >= 4 is 28.9 Å². The Kier molecular flexibility index (Phi) is 3.58. The van der Waals surface area contributed by atoms with E-state index in [0.717, 1.165) is 22.1 Å². The average Bonchev–Trinajstić information content (AvgIpc) is 3.25. The minimum Gasteiger partial charge on any atom is -0.338 e. The Balaban J connectivity index is 1.56. The lowest BCUT2D eigenvalue weighted by molar-refractivity contribution is 0.391. The number of thiophene rings is 1. The fraction of sp³-hybridized carbons (Fsp3) is 0.214. The van der Waals surface area contributed by atoms with Crippen molar-refractivity contribution in [3.63, 3.8) is 0 Å². The number of rotatable bonds is 4. The van der Waals surface area contributed by atoms with Crippen molar-refractivity contribution < 1.29 is 4.52 Å². The van der Waals surface area contributed by atoms with E-state index in [-0.39, 0.29) is 0 Å². The highest BCUT2D eigenvalue weighted by Crippen LogP contribution is 2.24. The number of fused-ring (bicyclic) bond motifs is 1. The molecule has 7 nitrogen and oxygen atoms in total. The third-order valence-electron chi connectivity index (χ3n) is 3.24. The summed E-state index contributed by atoms with van der Waals surface area (Å²) in [6.45, 7) is 3.95. The Morgan fingerprint density at radius 1 is 1.26 bits per heavy atom. The molecule has 0 unspecified atom stereocenters. The van der Waals surface area contributed by atoms with Gasteiger partial charge in [-0.1, -0.05) is 16.9 Å². The minimum atomic E-state index is 0.533. The molecule has 4 heterocycles. The SMILES string of the molecule is Cc1cc(C)n2c(SCc3nc(-c4ccsc4)no3)nnc2n1. The molecule has 4 aromatic heterocycles. The zero-order valence-electron chi connectivity index (χ0n) is 12.4. The van der Waals surface area contributed by atoms with Gasteiger partial charge in [0.1, 0.15) is 0 Å². The summed E-state index contributed by atoms with van der Waals surface area (Å²) in [4.78, 5) is 8.78. The summed E-state index contributed by atoms with van der Waals surface area (Å²) in [5, 5.41) is 17.1. The van der Waals surface area contributed by atoms with Gasteiger partial charge < -0.3 is 4.52 Å². The Labute approximate surface area is 139 Å². The number of aromatic nitrogens is 6. The highest BCUT2D eigenvalue weighted by atomic mass is 32.2. The highest BCUT2D eigenvalue weighted by molar-refractivity contribution is 7.98. The molecule has 4 aromatic rings. The van der Waals surface area contributed by atoms with Crippen LogP contribution in [0.2, 0.25) is 0 Å². The van der Waals surface area contributed by atoms with Gasteiger partial charge in [0.05, 0.1) is 5.75 Å². The van der Waals surface area contributed by atoms with Crippen LogP contribution in [0.25, 0.3) is 17.2 Å².